The van der Waals surface area contributed by atoms with Crippen LogP contribution in [0.2, 0.25) is 0 Å². The molecule has 2 aromatic carbocycles. The molecule has 1 aliphatic heterocycles. The van der Waals surface area contributed by atoms with Gasteiger partial charge in [-0.05, 0) is 43.3 Å². The molecule has 0 spiro atoms. The molecule has 0 radical (unpaired) electrons. The number of hydrogen-bond acceptors (Lipinski definition) is 3. The van der Waals surface area contributed by atoms with Gasteiger partial charge in [0.15, 0.2) is 0 Å². The van der Waals surface area contributed by atoms with Crippen LogP contribution in [0.5, 0.6) is 11.5 Å². The summed E-state index contributed by atoms with van der Waals surface area (Å²) >= 11 is 0. The largest absolute Gasteiger partial charge is 0.457 e. The van der Waals surface area contributed by atoms with E-state index in [-0.39, 0.29) is 5.91 Å². The Hall–Kier alpha value is -2.33. The predicted molar refractivity (Wildman–Crippen MR) is 95.6 cm³/mol. The van der Waals surface area contributed by atoms with Crippen molar-refractivity contribution >= 4 is 5.91 Å². The molecule has 24 heavy (non-hydrogen) atoms. The molecule has 1 saturated heterocycles. The second-order valence-corrected chi connectivity index (χ2v) is 6.08. The van der Waals surface area contributed by atoms with Crippen LogP contribution < -0.4 is 4.74 Å². The minimum absolute atomic E-state index is 0.0876. The number of para-hydroxylation sites is 1. The van der Waals surface area contributed by atoms with E-state index in [9.17, 15) is 4.79 Å². The summed E-state index contributed by atoms with van der Waals surface area (Å²) in [6.45, 7) is 6.81. The summed E-state index contributed by atoms with van der Waals surface area (Å²) in [5, 5.41) is 0. The van der Waals surface area contributed by atoms with Gasteiger partial charge in [0.2, 0.25) is 0 Å². The number of carbonyl (C=O) groups is 1. The highest BCUT2D eigenvalue weighted by atomic mass is 16.5. The number of rotatable bonds is 5. The maximum Gasteiger partial charge on any atom is 0.254 e. The molecule has 1 heterocycles. The number of ether oxygens (including phenoxy) is 1. The molecule has 126 valence electrons. The van der Waals surface area contributed by atoms with Gasteiger partial charge in [0.25, 0.3) is 5.91 Å². The lowest BCUT2D eigenvalue weighted by Crippen LogP contribution is -2.48. The van der Waals surface area contributed by atoms with E-state index in [2.05, 4.69) is 11.8 Å². The van der Waals surface area contributed by atoms with Gasteiger partial charge in [-0.1, -0.05) is 31.2 Å². The van der Waals surface area contributed by atoms with Crippen LogP contribution in [0.3, 0.4) is 0 Å². The zero-order valence-corrected chi connectivity index (χ0v) is 14.1. The van der Waals surface area contributed by atoms with Crippen LogP contribution in [0.1, 0.15) is 23.7 Å². The van der Waals surface area contributed by atoms with E-state index < -0.39 is 0 Å². The quantitative estimate of drug-likeness (QED) is 0.842. The van der Waals surface area contributed by atoms with Crippen molar-refractivity contribution < 1.29 is 9.53 Å². The van der Waals surface area contributed by atoms with E-state index in [1.165, 1.54) is 0 Å². The van der Waals surface area contributed by atoms with Crippen LogP contribution in [0.15, 0.2) is 54.6 Å². The summed E-state index contributed by atoms with van der Waals surface area (Å²) in [5.41, 5.74) is 0.687. The molecule has 0 atom stereocenters. The number of piperazine rings is 1. The Kier molecular flexibility index (Phi) is 5.49. The summed E-state index contributed by atoms with van der Waals surface area (Å²) in [4.78, 5) is 17.1. The molecular weight excluding hydrogens is 300 g/mol. The molecule has 2 aromatic rings. The molecule has 1 fully saturated rings. The third-order valence-electron chi connectivity index (χ3n) is 4.26. The van der Waals surface area contributed by atoms with Crippen LogP contribution in [0, 0.1) is 0 Å². The molecule has 0 bridgehead atoms. The Morgan fingerprint density at radius 1 is 0.958 bits per heavy atom. The minimum Gasteiger partial charge on any atom is -0.457 e. The highest BCUT2D eigenvalue weighted by Crippen LogP contribution is 2.22. The van der Waals surface area contributed by atoms with E-state index in [1.807, 2.05) is 59.5 Å². The number of amides is 1. The van der Waals surface area contributed by atoms with Crippen LogP contribution >= 0.6 is 0 Å². The third-order valence-corrected chi connectivity index (χ3v) is 4.26. The Bertz CT molecular complexity index is 664. The van der Waals surface area contributed by atoms with Crippen molar-refractivity contribution in [2.45, 2.75) is 13.3 Å². The second-order valence-electron chi connectivity index (χ2n) is 6.08. The average molecular weight is 324 g/mol. The van der Waals surface area contributed by atoms with Gasteiger partial charge in [-0.3, -0.25) is 9.69 Å². The molecule has 3 rings (SSSR count). The maximum atomic E-state index is 12.7. The summed E-state index contributed by atoms with van der Waals surface area (Å²) in [6.07, 6.45) is 1.16. The Labute approximate surface area is 143 Å². The van der Waals surface area contributed by atoms with E-state index in [4.69, 9.17) is 4.74 Å². The van der Waals surface area contributed by atoms with Crippen molar-refractivity contribution in [1.29, 1.82) is 0 Å². The molecule has 0 aromatic heterocycles. The normalized spacial score (nSPS) is 15.3. The van der Waals surface area contributed by atoms with Gasteiger partial charge in [-0.25, -0.2) is 0 Å². The van der Waals surface area contributed by atoms with Crippen LogP contribution in [0.25, 0.3) is 0 Å². The Balaban J connectivity index is 1.64. The molecule has 0 N–H and O–H groups in total. The van der Waals surface area contributed by atoms with E-state index in [0.29, 0.717) is 11.3 Å². The Morgan fingerprint density at radius 3 is 2.38 bits per heavy atom. The van der Waals surface area contributed by atoms with Crippen molar-refractivity contribution in [3.8, 4) is 11.5 Å². The van der Waals surface area contributed by atoms with Gasteiger partial charge in [0.1, 0.15) is 11.5 Å². The number of carbonyl (C=O) groups excluding carboxylic acids is 1. The van der Waals surface area contributed by atoms with Crippen LogP contribution in [-0.2, 0) is 0 Å². The fourth-order valence-corrected chi connectivity index (χ4v) is 2.99. The fourth-order valence-electron chi connectivity index (χ4n) is 2.99. The summed E-state index contributed by atoms with van der Waals surface area (Å²) < 4.78 is 5.83. The molecule has 0 unspecified atom stereocenters. The SMILES string of the molecule is CCCN1CCN(C(=O)c2cccc(Oc3ccccc3)c2)CC1. The van der Waals surface area contributed by atoms with E-state index >= 15 is 0 Å². The molecule has 1 aliphatic rings. The van der Waals surface area contributed by atoms with Crippen molar-refractivity contribution in [3.05, 3.63) is 60.2 Å². The highest BCUT2D eigenvalue weighted by Gasteiger charge is 2.21. The molecule has 0 aliphatic carbocycles. The summed E-state index contributed by atoms with van der Waals surface area (Å²) in [7, 11) is 0. The lowest BCUT2D eigenvalue weighted by molar-refractivity contribution is 0.0637. The van der Waals surface area contributed by atoms with Crippen molar-refractivity contribution in [1.82, 2.24) is 9.80 Å². The van der Waals surface area contributed by atoms with Crippen molar-refractivity contribution in [2.75, 3.05) is 32.7 Å². The fraction of sp³-hybridized carbons (Fsp3) is 0.350. The lowest BCUT2D eigenvalue weighted by Gasteiger charge is -2.34. The zero-order chi connectivity index (χ0) is 16.8. The number of benzene rings is 2. The number of hydrogen-bond donors (Lipinski definition) is 0. The van der Waals surface area contributed by atoms with E-state index in [0.717, 1.165) is 44.9 Å². The summed E-state index contributed by atoms with van der Waals surface area (Å²) in [5.74, 6) is 1.55. The van der Waals surface area contributed by atoms with Crippen LogP contribution in [-0.4, -0.2) is 48.4 Å². The van der Waals surface area contributed by atoms with Gasteiger partial charge in [0.05, 0.1) is 0 Å². The maximum absolute atomic E-state index is 12.7. The Morgan fingerprint density at radius 2 is 1.67 bits per heavy atom. The van der Waals surface area contributed by atoms with Gasteiger partial charge in [0, 0.05) is 31.7 Å². The van der Waals surface area contributed by atoms with E-state index in [1.54, 1.807) is 0 Å². The van der Waals surface area contributed by atoms with Crippen molar-refractivity contribution in [3.63, 3.8) is 0 Å². The molecule has 1 amide bonds. The van der Waals surface area contributed by atoms with Gasteiger partial charge >= 0.3 is 0 Å². The minimum atomic E-state index is 0.0876. The smallest absolute Gasteiger partial charge is 0.254 e. The predicted octanol–water partition coefficient (Wildman–Crippen LogP) is 3.65. The topological polar surface area (TPSA) is 32.8 Å². The molecule has 0 saturated carbocycles. The van der Waals surface area contributed by atoms with Crippen molar-refractivity contribution in [2.24, 2.45) is 0 Å². The highest BCUT2D eigenvalue weighted by molar-refractivity contribution is 5.94. The number of nitrogens with zero attached hydrogens (tertiary/aromatic N) is 2. The first-order chi connectivity index (χ1) is 11.8. The third kappa shape index (κ3) is 4.15. The molecule has 4 nitrogen and oxygen atoms in total. The molecular formula is C20H24N2O2. The first-order valence-electron chi connectivity index (χ1n) is 8.61. The van der Waals surface area contributed by atoms with Crippen LogP contribution in [0.4, 0.5) is 0 Å². The first kappa shape index (κ1) is 16.5. The lowest BCUT2D eigenvalue weighted by atomic mass is 10.1. The van der Waals surface area contributed by atoms with Gasteiger partial charge < -0.3 is 9.64 Å². The zero-order valence-electron chi connectivity index (χ0n) is 14.1. The molecule has 4 heteroatoms. The van der Waals surface area contributed by atoms with Gasteiger partial charge in [-0.2, -0.15) is 0 Å². The summed E-state index contributed by atoms with van der Waals surface area (Å²) in [6, 6.07) is 17.1. The first-order valence-corrected chi connectivity index (χ1v) is 8.61. The van der Waals surface area contributed by atoms with Gasteiger partial charge in [-0.15, -0.1) is 0 Å². The monoisotopic (exact) mass is 324 g/mol. The standard InChI is InChI=1S/C20H24N2O2/c1-2-11-21-12-14-22(15-13-21)20(23)17-7-6-10-19(16-17)24-18-8-4-3-5-9-18/h3-10,16H,2,11-15H2,1H3. The average Bonchev–Trinajstić information content (AvgIpc) is 2.63. The second kappa shape index (κ2) is 7.97.